The molecule has 1 aromatic rings. The van der Waals surface area contributed by atoms with Gasteiger partial charge in [-0.3, -0.25) is 10.1 Å². The highest BCUT2D eigenvalue weighted by Gasteiger charge is 2.34. The molecule has 3 rings (SSSR count). The molecule has 1 amide bonds. The first-order valence-electron chi connectivity index (χ1n) is 7.11. The van der Waals surface area contributed by atoms with Crippen molar-refractivity contribution in [2.24, 2.45) is 5.92 Å². The molecule has 1 aromatic carbocycles. The van der Waals surface area contributed by atoms with Gasteiger partial charge in [0.2, 0.25) is 5.91 Å². The van der Waals surface area contributed by atoms with Crippen LogP contribution in [0.15, 0.2) is 24.3 Å². The Bertz CT molecular complexity index is 489. The number of nitrogens with one attached hydrogen (secondary N) is 1. The zero-order chi connectivity index (χ0) is 13.9. The molecule has 0 aromatic heterocycles. The molecule has 2 fully saturated rings. The molecule has 0 radical (unpaired) electrons. The normalized spacial score (nSPS) is 24.4. The van der Waals surface area contributed by atoms with Gasteiger partial charge < -0.3 is 9.64 Å². The Hall–Kier alpha value is -1.46. The average Bonchev–Trinajstić information content (AvgIpc) is 2.82. The van der Waals surface area contributed by atoms with Crippen molar-refractivity contribution < 1.29 is 13.9 Å². The molecule has 2 saturated heterocycles. The number of carbonyl (C=O) groups is 1. The van der Waals surface area contributed by atoms with Crippen LogP contribution in [0.25, 0.3) is 0 Å². The van der Waals surface area contributed by atoms with E-state index in [4.69, 9.17) is 4.74 Å². The number of amides is 1. The molecule has 2 aliphatic rings. The fraction of sp³-hybridized carbons (Fsp3) is 0.533. The summed E-state index contributed by atoms with van der Waals surface area (Å²) in [6, 6.07) is 6.64. The first kappa shape index (κ1) is 13.5. The number of halogens is 1. The van der Waals surface area contributed by atoms with E-state index in [-0.39, 0.29) is 24.4 Å². The first-order chi connectivity index (χ1) is 9.75. The number of carbonyl (C=O) groups excluding carboxylic acids is 1. The maximum absolute atomic E-state index is 13.9. The standard InChI is InChI=1S/C15H19FN2O2/c16-13-4-2-1-3-12(13)15-17-9-14(19)18(15)10-11-5-7-20-8-6-11/h1-4,11,15,17H,5-10H2. The maximum atomic E-state index is 13.9. The molecule has 0 spiro atoms. The topological polar surface area (TPSA) is 41.6 Å². The minimum atomic E-state index is -0.341. The molecule has 20 heavy (non-hydrogen) atoms. The van der Waals surface area contributed by atoms with Gasteiger partial charge in [0.1, 0.15) is 12.0 Å². The Morgan fingerprint density at radius 3 is 2.80 bits per heavy atom. The molecular weight excluding hydrogens is 259 g/mol. The number of benzene rings is 1. The molecule has 0 bridgehead atoms. The van der Waals surface area contributed by atoms with Crippen molar-refractivity contribution in [3.8, 4) is 0 Å². The summed E-state index contributed by atoms with van der Waals surface area (Å²) in [5.41, 5.74) is 0.547. The van der Waals surface area contributed by atoms with Crippen LogP contribution in [0.2, 0.25) is 0 Å². The molecule has 0 aliphatic carbocycles. The predicted octanol–water partition coefficient (Wildman–Crippen LogP) is 1.68. The Morgan fingerprint density at radius 2 is 2.05 bits per heavy atom. The highest BCUT2D eigenvalue weighted by molar-refractivity contribution is 5.81. The molecule has 2 aliphatic heterocycles. The summed E-state index contributed by atoms with van der Waals surface area (Å²) in [6.07, 6.45) is 1.59. The van der Waals surface area contributed by atoms with Gasteiger partial charge in [0.15, 0.2) is 0 Å². The van der Waals surface area contributed by atoms with Crippen molar-refractivity contribution in [2.75, 3.05) is 26.3 Å². The highest BCUT2D eigenvalue weighted by atomic mass is 19.1. The van der Waals surface area contributed by atoms with Gasteiger partial charge in [0.05, 0.1) is 6.54 Å². The van der Waals surface area contributed by atoms with Crippen LogP contribution in [0.5, 0.6) is 0 Å². The van der Waals surface area contributed by atoms with Gasteiger partial charge in [0, 0.05) is 25.3 Å². The van der Waals surface area contributed by atoms with Crippen molar-refractivity contribution in [1.82, 2.24) is 10.2 Å². The summed E-state index contributed by atoms with van der Waals surface area (Å²) in [5.74, 6) is 0.225. The minimum Gasteiger partial charge on any atom is -0.381 e. The molecule has 0 saturated carbocycles. The lowest BCUT2D eigenvalue weighted by Crippen LogP contribution is -2.36. The number of hydrogen-bond donors (Lipinski definition) is 1. The van der Waals surface area contributed by atoms with E-state index in [9.17, 15) is 9.18 Å². The highest BCUT2D eigenvalue weighted by Crippen LogP contribution is 2.27. The van der Waals surface area contributed by atoms with Crippen LogP contribution in [0, 0.1) is 11.7 Å². The van der Waals surface area contributed by atoms with Gasteiger partial charge >= 0.3 is 0 Å². The minimum absolute atomic E-state index is 0.0461. The van der Waals surface area contributed by atoms with Gasteiger partial charge in [-0.2, -0.15) is 0 Å². The summed E-state index contributed by atoms with van der Waals surface area (Å²) in [6.45, 7) is 2.46. The SMILES string of the molecule is O=C1CNC(c2ccccc2F)N1CC1CCOCC1. The van der Waals surface area contributed by atoms with Crippen molar-refractivity contribution in [1.29, 1.82) is 0 Å². The largest absolute Gasteiger partial charge is 0.381 e. The smallest absolute Gasteiger partial charge is 0.238 e. The fourth-order valence-electron chi connectivity index (χ4n) is 2.93. The lowest BCUT2D eigenvalue weighted by atomic mass is 9.99. The Morgan fingerprint density at radius 1 is 1.30 bits per heavy atom. The predicted molar refractivity (Wildman–Crippen MR) is 72.4 cm³/mol. The second-order valence-electron chi connectivity index (χ2n) is 5.41. The quantitative estimate of drug-likeness (QED) is 0.914. The van der Waals surface area contributed by atoms with Crippen LogP contribution in [-0.2, 0) is 9.53 Å². The zero-order valence-corrected chi connectivity index (χ0v) is 11.3. The van der Waals surface area contributed by atoms with E-state index in [1.165, 1.54) is 6.07 Å². The van der Waals surface area contributed by atoms with Crippen LogP contribution in [0.3, 0.4) is 0 Å². The Kier molecular flexibility index (Phi) is 3.98. The van der Waals surface area contributed by atoms with Crippen molar-refractivity contribution >= 4 is 5.91 Å². The van der Waals surface area contributed by atoms with Crippen LogP contribution < -0.4 is 5.32 Å². The van der Waals surface area contributed by atoms with Gasteiger partial charge in [-0.1, -0.05) is 18.2 Å². The Labute approximate surface area is 117 Å². The number of rotatable bonds is 3. The third-order valence-electron chi connectivity index (χ3n) is 4.07. The number of ether oxygens (including phenoxy) is 1. The van der Waals surface area contributed by atoms with E-state index < -0.39 is 0 Å². The van der Waals surface area contributed by atoms with E-state index in [1.807, 2.05) is 0 Å². The summed E-state index contributed by atoms with van der Waals surface area (Å²) in [4.78, 5) is 13.8. The third-order valence-corrected chi connectivity index (χ3v) is 4.07. The lowest BCUT2D eigenvalue weighted by Gasteiger charge is -2.31. The number of nitrogens with zero attached hydrogens (tertiary/aromatic N) is 1. The van der Waals surface area contributed by atoms with Crippen molar-refractivity contribution in [2.45, 2.75) is 19.0 Å². The zero-order valence-electron chi connectivity index (χ0n) is 11.3. The summed E-state index contributed by atoms with van der Waals surface area (Å²) in [7, 11) is 0. The average molecular weight is 278 g/mol. The van der Waals surface area contributed by atoms with Gasteiger partial charge in [-0.25, -0.2) is 4.39 Å². The maximum Gasteiger partial charge on any atom is 0.238 e. The van der Waals surface area contributed by atoms with Crippen LogP contribution >= 0.6 is 0 Å². The van der Waals surface area contributed by atoms with E-state index in [2.05, 4.69) is 5.32 Å². The summed E-state index contributed by atoms with van der Waals surface area (Å²) >= 11 is 0. The molecular formula is C15H19FN2O2. The Balaban J connectivity index is 1.76. The molecule has 108 valence electrons. The van der Waals surface area contributed by atoms with Crippen molar-refractivity contribution in [3.63, 3.8) is 0 Å². The van der Waals surface area contributed by atoms with E-state index >= 15 is 0 Å². The molecule has 5 heteroatoms. The van der Waals surface area contributed by atoms with Crippen LogP contribution in [0.4, 0.5) is 4.39 Å². The molecule has 4 nitrogen and oxygen atoms in total. The van der Waals surface area contributed by atoms with Crippen LogP contribution in [0.1, 0.15) is 24.6 Å². The first-order valence-corrected chi connectivity index (χ1v) is 7.11. The molecule has 2 heterocycles. The number of hydrogen-bond acceptors (Lipinski definition) is 3. The van der Waals surface area contributed by atoms with E-state index in [0.717, 1.165) is 26.1 Å². The molecule has 1 unspecified atom stereocenters. The van der Waals surface area contributed by atoms with E-state index in [0.29, 0.717) is 18.0 Å². The lowest BCUT2D eigenvalue weighted by molar-refractivity contribution is -0.129. The third kappa shape index (κ3) is 2.69. The summed E-state index contributed by atoms with van der Waals surface area (Å²) < 4.78 is 19.3. The fourth-order valence-corrected chi connectivity index (χ4v) is 2.93. The molecule has 1 atom stereocenters. The van der Waals surface area contributed by atoms with Gasteiger partial charge in [-0.15, -0.1) is 0 Å². The second-order valence-corrected chi connectivity index (χ2v) is 5.41. The van der Waals surface area contributed by atoms with Crippen molar-refractivity contribution in [3.05, 3.63) is 35.6 Å². The van der Waals surface area contributed by atoms with Crippen LogP contribution in [-0.4, -0.2) is 37.1 Å². The van der Waals surface area contributed by atoms with Gasteiger partial charge in [-0.05, 0) is 24.8 Å². The molecule has 1 N–H and O–H groups in total. The van der Waals surface area contributed by atoms with Gasteiger partial charge in [0.25, 0.3) is 0 Å². The monoisotopic (exact) mass is 278 g/mol. The summed E-state index contributed by atoms with van der Waals surface area (Å²) in [5, 5.41) is 3.11. The second kappa shape index (κ2) is 5.89. The van der Waals surface area contributed by atoms with E-state index in [1.54, 1.807) is 23.1 Å².